The Morgan fingerprint density at radius 3 is 2.25 bits per heavy atom. The van der Waals surface area contributed by atoms with Gasteiger partial charge in [0.2, 0.25) is 0 Å². The van der Waals surface area contributed by atoms with Crippen molar-refractivity contribution in [1.82, 2.24) is 0 Å². The van der Waals surface area contributed by atoms with Gasteiger partial charge in [-0.1, -0.05) is 30.3 Å². The van der Waals surface area contributed by atoms with Gasteiger partial charge < -0.3 is 10.8 Å². The van der Waals surface area contributed by atoms with E-state index in [1.54, 1.807) is 12.1 Å². The molecule has 0 unspecified atom stereocenters. The summed E-state index contributed by atoms with van der Waals surface area (Å²) in [6, 6.07) is 9.03. The van der Waals surface area contributed by atoms with Crippen LogP contribution in [0.15, 0.2) is 30.3 Å². The van der Waals surface area contributed by atoms with Gasteiger partial charge in [0.1, 0.15) is 0 Å². The van der Waals surface area contributed by atoms with E-state index in [1.807, 2.05) is 18.2 Å². The number of carbonyl (C=O) groups is 1. The van der Waals surface area contributed by atoms with Crippen LogP contribution in [-0.4, -0.2) is 24.5 Å². The lowest BCUT2D eigenvalue weighted by Gasteiger charge is -1.93. The summed E-state index contributed by atoms with van der Waals surface area (Å²) in [6.45, 7) is 0.0873. The van der Waals surface area contributed by atoms with E-state index in [0.29, 0.717) is 5.56 Å². The maximum Gasteiger partial charge on any atom is 0.176 e. The lowest BCUT2D eigenvalue weighted by atomic mass is 10.1. The maximum absolute atomic E-state index is 10.9. The standard InChI is InChI=1S/C8H9NO.CH4O/c9-6-8(10)7-4-2-1-3-5-7;1-2/h1-5H,6,9H2;2H,1H3. The molecule has 3 heteroatoms. The maximum atomic E-state index is 10.9. The Morgan fingerprint density at radius 1 is 1.33 bits per heavy atom. The van der Waals surface area contributed by atoms with Crippen molar-refractivity contribution in [3.63, 3.8) is 0 Å². The van der Waals surface area contributed by atoms with Gasteiger partial charge in [-0.3, -0.25) is 4.79 Å². The molecule has 0 spiro atoms. The van der Waals surface area contributed by atoms with Crippen LogP contribution in [-0.2, 0) is 0 Å². The zero-order valence-electron chi connectivity index (χ0n) is 7.03. The van der Waals surface area contributed by atoms with E-state index in [0.717, 1.165) is 7.11 Å². The molecule has 1 rings (SSSR count). The third-order valence-corrected chi connectivity index (χ3v) is 1.28. The van der Waals surface area contributed by atoms with Gasteiger partial charge in [-0.25, -0.2) is 0 Å². The molecule has 3 N–H and O–H groups in total. The van der Waals surface area contributed by atoms with E-state index < -0.39 is 0 Å². The average molecular weight is 167 g/mol. The molecule has 12 heavy (non-hydrogen) atoms. The van der Waals surface area contributed by atoms with Crippen LogP contribution in [0.4, 0.5) is 0 Å². The summed E-state index contributed by atoms with van der Waals surface area (Å²) >= 11 is 0. The van der Waals surface area contributed by atoms with Gasteiger partial charge in [0.25, 0.3) is 0 Å². The summed E-state index contributed by atoms with van der Waals surface area (Å²) in [5, 5.41) is 7.00. The van der Waals surface area contributed by atoms with Crippen molar-refractivity contribution < 1.29 is 9.90 Å². The second-order valence-electron chi connectivity index (χ2n) is 1.99. The first kappa shape index (κ1) is 10.8. The molecule has 0 amide bonds. The number of aliphatic hydroxyl groups is 1. The SMILES string of the molecule is CO.NCC(=O)c1ccccc1. The fourth-order valence-corrected chi connectivity index (χ4v) is 0.742. The topological polar surface area (TPSA) is 63.3 Å². The second-order valence-corrected chi connectivity index (χ2v) is 1.99. The van der Waals surface area contributed by atoms with E-state index >= 15 is 0 Å². The lowest BCUT2D eigenvalue weighted by Crippen LogP contribution is -2.12. The number of rotatable bonds is 2. The summed E-state index contributed by atoms with van der Waals surface area (Å²) in [6.07, 6.45) is 0. The first-order valence-electron chi connectivity index (χ1n) is 3.57. The van der Waals surface area contributed by atoms with Gasteiger partial charge in [-0.2, -0.15) is 0 Å². The Hall–Kier alpha value is -1.19. The minimum absolute atomic E-state index is 0.0133. The highest BCUT2D eigenvalue weighted by Crippen LogP contribution is 1.97. The summed E-state index contributed by atoms with van der Waals surface area (Å²) in [4.78, 5) is 10.9. The summed E-state index contributed by atoms with van der Waals surface area (Å²) in [7, 11) is 1.00. The van der Waals surface area contributed by atoms with Crippen LogP contribution in [0.3, 0.4) is 0 Å². The minimum Gasteiger partial charge on any atom is -0.400 e. The molecule has 0 aliphatic carbocycles. The molecule has 0 heterocycles. The molecule has 0 fully saturated rings. The molecule has 3 nitrogen and oxygen atoms in total. The molecule has 0 aromatic heterocycles. The molecule has 66 valence electrons. The van der Waals surface area contributed by atoms with E-state index in [2.05, 4.69) is 0 Å². The van der Waals surface area contributed by atoms with Crippen LogP contribution in [0.5, 0.6) is 0 Å². The lowest BCUT2D eigenvalue weighted by molar-refractivity contribution is 0.100. The second kappa shape index (κ2) is 6.52. The molecule has 0 bridgehead atoms. The minimum atomic E-state index is -0.0133. The predicted octanol–water partition coefficient (Wildman–Crippen LogP) is 0.436. The number of Topliss-reactive ketones (excluding diaryl/α,β-unsaturated/α-hetero) is 1. The largest absolute Gasteiger partial charge is 0.400 e. The molecule has 0 atom stereocenters. The van der Waals surface area contributed by atoms with Gasteiger partial charge in [0.05, 0.1) is 6.54 Å². The molecule has 1 aromatic rings. The monoisotopic (exact) mass is 167 g/mol. The van der Waals surface area contributed by atoms with Crippen molar-refractivity contribution in [2.24, 2.45) is 5.73 Å². The van der Waals surface area contributed by atoms with Crippen molar-refractivity contribution >= 4 is 5.78 Å². The Kier molecular flexibility index (Phi) is 5.87. The molecule has 1 aromatic carbocycles. The smallest absolute Gasteiger partial charge is 0.176 e. The van der Waals surface area contributed by atoms with Gasteiger partial charge in [0, 0.05) is 12.7 Å². The summed E-state index contributed by atoms with van der Waals surface area (Å²) in [5.41, 5.74) is 5.84. The first-order valence-corrected chi connectivity index (χ1v) is 3.57. The molecular formula is C9H13NO2. The third kappa shape index (κ3) is 3.27. The van der Waals surface area contributed by atoms with E-state index in [-0.39, 0.29) is 12.3 Å². The van der Waals surface area contributed by atoms with Crippen LogP contribution in [0.2, 0.25) is 0 Å². The number of hydrogen-bond donors (Lipinski definition) is 2. The molecule has 0 saturated carbocycles. The van der Waals surface area contributed by atoms with Crippen molar-refractivity contribution in [3.05, 3.63) is 35.9 Å². The van der Waals surface area contributed by atoms with Crippen LogP contribution in [0.25, 0.3) is 0 Å². The van der Waals surface area contributed by atoms with Gasteiger partial charge in [-0.05, 0) is 0 Å². The Labute approximate surface area is 71.8 Å². The van der Waals surface area contributed by atoms with Gasteiger partial charge in [0.15, 0.2) is 5.78 Å². The van der Waals surface area contributed by atoms with Crippen molar-refractivity contribution in [1.29, 1.82) is 0 Å². The van der Waals surface area contributed by atoms with Crippen LogP contribution in [0, 0.1) is 0 Å². The van der Waals surface area contributed by atoms with Gasteiger partial charge in [-0.15, -0.1) is 0 Å². The third-order valence-electron chi connectivity index (χ3n) is 1.28. The number of carbonyl (C=O) groups excluding carboxylic acids is 1. The molecule has 0 aliphatic rings. The van der Waals surface area contributed by atoms with E-state index in [9.17, 15) is 4.79 Å². The summed E-state index contributed by atoms with van der Waals surface area (Å²) < 4.78 is 0. The normalized spacial score (nSPS) is 8.25. The Morgan fingerprint density at radius 2 is 1.83 bits per heavy atom. The summed E-state index contributed by atoms with van der Waals surface area (Å²) in [5.74, 6) is -0.0133. The molecule has 0 radical (unpaired) electrons. The number of nitrogens with two attached hydrogens (primary N) is 1. The Bertz CT molecular complexity index is 221. The average Bonchev–Trinajstić information content (AvgIpc) is 2.21. The van der Waals surface area contributed by atoms with Gasteiger partial charge >= 0.3 is 0 Å². The van der Waals surface area contributed by atoms with E-state index in [1.165, 1.54) is 0 Å². The molecule has 0 aliphatic heterocycles. The fraction of sp³-hybridized carbons (Fsp3) is 0.222. The first-order chi connectivity index (χ1) is 5.84. The molecular weight excluding hydrogens is 154 g/mol. The molecule has 0 saturated heterocycles. The van der Waals surface area contributed by atoms with Crippen LogP contribution < -0.4 is 5.73 Å². The zero-order valence-corrected chi connectivity index (χ0v) is 7.03. The zero-order chi connectivity index (χ0) is 9.40. The van der Waals surface area contributed by atoms with E-state index in [4.69, 9.17) is 10.8 Å². The number of hydrogen-bond acceptors (Lipinski definition) is 3. The highest BCUT2D eigenvalue weighted by Gasteiger charge is 1.98. The number of benzene rings is 1. The van der Waals surface area contributed by atoms with Crippen molar-refractivity contribution in [2.45, 2.75) is 0 Å². The predicted molar refractivity (Wildman–Crippen MR) is 48.0 cm³/mol. The highest BCUT2D eigenvalue weighted by atomic mass is 16.2. The van der Waals surface area contributed by atoms with Crippen LogP contribution in [0.1, 0.15) is 10.4 Å². The Balaban J connectivity index is 0.000000561. The van der Waals surface area contributed by atoms with Crippen molar-refractivity contribution in [2.75, 3.05) is 13.7 Å². The number of aliphatic hydroxyl groups excluding tert-OH is 1. The van der Waals surface area contributed by atoms with Crippen LogP contribution >= 0.6 is 0 Å². The van der Waals surface area contributed by atoms with Crippen molar-refractivity contribution in [3.8, 4) is 0 Å². The fourth-order valence-electron chi connectivity index (χ4n) is 0.742. The number of ketones is 1. The highest BCUT2D eigenvalue weighted by molar-refractivity contribution is 5.97. The quantitative estimate of drug-likeness (QED) is 0.628.